The van der Waals surface area contributed by atoms with Gasteiger partial charge in [0, 0.05) is 0 Å². The molecular formula is C10H14NO7P. The van der Waals surface area contributed by atoms with Crippen LogP contribution in [-0.2, 0) is 15.7 Å². The van der Waals surface area contributed by atoms with Crippen LogP contribution in [0.4, 0.5) is 0 Å². The van der Waals surface area contributed by atoms with Crippen molar-refractivity contribution in [3.63, 3.8) is 0 Å². The van der Waals surface area contributed by atoms with Gasteiger partial charge >= 0.3 is 14.6 Å². The van der Waals surface area contributed by atoms with Crippen LogP contribution in [0.25, 0.3) is 0 Å². The normalized spacial score (nSPS) is 12.4. The lowest BCUT2D eigenvalue weighted by Crippen LogP contribution is -2.32. The van der Waals surface area contributed by atoms with Gasteiger partial charge < -0.3 is 30.5 Å². The average molecular weight is 291 g/mol. The SMILES string of the molecule is NC(Cc1ccc(O)c(OCOP(O)O)c1)C(=O)O. The van der Waals surface area contributed by atoms with Crippen LogP contribution < -0.4 is 10.5 Å². The van der Waals surface area contributed by atoms with E-state index in [-0.39, 0.29) is 17.9 Å². The number of phenols is 1. The van der Waals surface area contributed by atoms with E-state index < -0.39 is 27.4 Å². The predicted molar refractivity (Wildman–Crippen MR) is 65.4 cm³/mol. The molecule has 0 aromatic heterocycles. The second kappa shape index (κ2) is 7.22. The number of carboxylic acid groups (broad SMARTS) is 1. The fourth-order valence-corrected chi connectivity index (χ4v) is 1.43. The van der Waals surface area contributed by atoms with Crippen molar-refractivity contribution in [2.24, 2.45) is 5.73 Å². The fourth-order valence-electron chi connectivity index (χ4n) is 1.28. The van der Waals surface area contributed by atoms with Crippen LogP contribution in [0.15, 0.2) is 18.2 Å². The number of aromatic hydroxyl groups is 1. The van der Waals surface area contributed by atoms with Gasteiger partial charge in [-0.05, 0) is 24.1 Å². The quantitative estimate of drug-likeness (QED) is 0.346. The van der Waals surface area contributed by atoms with Gasteiger partial charge in [-0.25, -0.2) is 0 Å². The average Bonchev–Trinajstić information content (AvgIpc) is 2.32. The molecule has 0 saturated carbocycles. The predicted octanol–water partition coefficient (Wildman–Crippen LogP) is -0.0890. The molecule has 0 radical (unpaired) electrons. The minimum Gasteiger partial charge on any atom is -0.504 e. The summed E-state index contributed by atoms with van der Waals surface area (Å²) in [4.78, 5) is 27.6. The lowest BCUT2D eigenvalue weighted by Gasteiger charge is -2.11. The Balaban J connectivity index is 2.68. The number of hydrogen-bond donors (Lipinski definition) is 5. The molecule has 0 bridgehead atoms. The van der Waals surface area contributed by atoms with Gasteiger partial charge in [0.2, 0.25) is 0 Å². The summed E-state index contributed by atoms with van der Waals surface area (Å²) >= 11 is 0. The number of aliphatic carboxylic acids is 1. The standard InChI is InChI=1S/C10H14NO7P/c11-7(10(13)14)3-6-1-2-8(12)9(4-6)17-5-18-19(15)16/h1-2,4,7,12,15-16H,3,5,11H2,(H,13,14). The number of carbonyl (C=O) groups is 1. The summed E-state index contributed by atoms with van der Waals surface area (Å²) in [6, 6.07) is 3.17. The summed E-state index contributed by atoms with van der Waals surface area (Å²) in [6.07, 6.45) is 0.0690. The van der Waals surface area contributed by atoms with Crippen molar-refractivity contribution in [3.8, 4) is 11.5 Å². The van der Waals surface area contributed by atoms with E-state index in [1.807, 2.05) is 0 Å². The van der Waals surface area contributed by atoms with E-state index >= 15 is 0 Å². The maximum absolute atomic E-state index is 10.6. The molecule has 1 aromatic carbocycles. The largest absolute Gasteiger partial charge is 0.504 e. The van der Waals surface area contributed by atoms with Crippen LogP contribution in [0.1, 0.15) is 5.56 Å². The molecule has 0 spiro atoms. The number of carboxylic acids is 1. The molecule has 0 aliphatic carbocycles. The summed E-state index contributed by atoms with van der Waals surface area (Å²) in [5.41, 5.74) is 5.94. The highest BCUT2D eigenvalue weighted by molar-refractivity contribution is 7.39. The molecule has 0 aliphatic heterocycles. The van der Waals surface area contributed by atoms with Crippen molar-refractivity contribution < 1.29 is 34.1 Å². The van der Waals surface area contributed by atoms with Gasteiger partial charge in [0.05, 0.1) is 0 Å². The smallest absolute Gasteiger partial charge is 0.330 e. The maximum atomic E-state index is 10.6. The minimum absolute atomic E-state index is 0.0342. The molecule has 8 nitrogen and oxygen atoms in total. The monoisotopic (exact) mass is 291 g/mol. The topological polar surface area (TPSA) is 142 Å². The molecule has 1 rings (SSSR count). The summed E-state index contributed by atoms with van der Waals surface area (Å²) in [5.74, 6) is -1.28. The van der Waals surface area contributed by atoms with E-state index in [1.165, 1.54) is 18.2 Å². The molecule has 0 fully saturated rings. The third kappa shape index (κ3) is 5.37. The molecule has 0 saturated heterocycles. The highest BCUT2D eigenvalue weighted by atomic mass is 31.2. The van der Waals surface area contributed by atoms with Crippen molar-refractivity contribution >= 4 is 14.6 Å². The first kappa shape index (κ1) is 15.6. The van der Waals surface area contributed by atoms with E-state index in [4.69, 9.17) is 25.4 Å². The molecule has 106 valence electrons. The van der Waals surface area contributed by atoms with E-state index in [0.717, 1.165) is 0 Å². The molecule has 0 heterocycles. The fraction of sp³-hybridized carbons (Fsp3) is 0.300. The lowest BCUT2D eigenvalue weighted by atomic mass is 10.1. The first-order chi connectivity index (χ1) is 8.90. The molecule has 9 heteroatoms. The zero-order chi connectivity index (χ0) is 14.4. The molecule has 1 unspecified atom stereocenters. The van der Waals surface area contributed by atoms with Crippen molar-refractivity contribution in [1.82, 2.24) is 0 Å². The van der Waals surface area contributed by atoms with Crippen LogP contribution in [0.3, 0.4) is 0 Å². The van der Waals surface area contributed by atoms with Crippen molar-refractivity contribution in [2.75, 3.05) is 6.79 Å². The second-order valence-electron chi connectivity index (χ2n) is 3.59. The van der Waals surface area contributed by atoms with Gasteiger partial charge in [0.15, 0.2) is 18.3 Å². The Labute approximate surface area is 110 Å². The maximum Gasteiger partial charge on any atom is 0.330 e. The first-order valence-corrected chi connectivity index (χ1v) is 6.30. The third-order valence-corrected chi connectivity index (χ3v) is 2.52. The summed E-state index contributed by atoms with van der Waals surface area (Å²) in [6.45, 7) is -0.458. The van der Waals surface area contributed by atoms with Gasteiger partial charge in [-0.1, -0.05) is 6.07 Å². The van der Waals surface area contributed by atoms with E-state index in [2.05, 4.69) is 4.52 Å². The summed E-state index contributed by atoms with van der Waals surface area (Å²) in [7, 11) is -2.54. The zero-order valence-electron chi connectivity index (χ0n) is 9.76. The summed E-state index contributed by atoms with van der Waals surface area (Å²) in [5, 5.41) is 18.2. The Morgan fingerprint density at radius 3 is 2.68 bits per heavy atom. The molecule has 6 N–H and O–H groups in total. The van der Waals surface area contributed by atoms with Crippen LogP contribution >= 0.6 is 8.60 Å². The number of ether oxygens (including phenoxy) is 1. The van der Waals surface area contributed by atoms with Crippen molar-refractivity contribution in [3.05, 3.63) is 23.8 Å². The van der Waals surface area contributed by atoms with Crippen molar-refractivity contribution in [1.29, 1.82) is 0 Å². The number of hydrogen-bond acceptors (Lipinski definition) is 7. The first-order valence-electron chi connectivity index (χ1n) is 5.14. The number of benzene rings is 1. The number of rotatable bonds is 7. The zero-order valence-corrected chi connectivity index (χ0v) is 10.7. The highest BCUT2D eigenvalue weighted by Crippen LogP contribution is 2.29. The minimum atomic E-state index is -2.54. The van der Waals surface area contributed by atoms with E-state index in [9.17, 15) is 9.90 Å². The van der Waals surface area contributed by atoms with Gasteiger partial charge in [-0.2, -0.15) is 0 Å². The van der Waals surface area contributed by atoms with Gasteiger partial charge in [-0.15, -0.1) is 0 Å². The van der Waals surface area contributed by atoms with E-state index in [1.54, 1.807) is 0 Å². The Bertz CT molecular complexity index is 440. The molecule has 0 amide bonds. The van der Waals surface area contributed by atoms with E-state index in [0.29, 0.717) is 5.56 Å². The third-order valence-electron chi connectivity index (χ3n) is 2.18. The van der Waals surface area contributed by atoms with Crippen LogP contribution in [0, 0.1) is 0 Å². The molecule has 1 aromatic rings. The number of nitrogens with two attached hydrogens (primary N) is 1. The van der Waals surface area contributed by atoms with Crippen LogP contribution in [0.2, 0.25) is 0 Å². The van der Waals surface area contributed by atoms with Crippen LogP contribution in [0.5, 0.6) is 11.5 Å². The molecule has 1 atom stereocenters. The lowest BCUT2D eigenvalue weighted by molar-refractivity contribution is -0.138. The summed E-state index contributed by atoms with van der Waals surface area (Å²) < 4.78 is 9.35. The van der Waals surface area contributed by atoms with Gasteiger partial charge in [0.25, 0.3) is 0 Å². The highest BCUT2D eigenvalue weighted by Gasteiger charge is 2.14. The molecular weight excluding hydrogens is 277 g/mol. The number of phenolic OH excluding ortho intramolecular Hbond substituents is 1. The second-order valence-corrected chi connectivity index (χ2v) is 4.36. The van der Waals surface area contributed by atoms with Crippen molar-refractivity contribution in [2.45, 2.75) is 12.5 Å². The Morgan fingerprint density at radius 1 is 1.42 bits per heavy atom. The Kier molecular flexibility index (Phi) is 5.94. The Morgan fingerprint density at radius 2 is 2.11 bits per heavy atom. The van der Waals surface area contributed by atoms with Crippen LogP contribution in [-0.4, -0.2) is 38.8 Å². The molecule has 19 heavy (non-hydrogen) atoms. The van der Waals surface area contributed by atoms with Gasteiger partial charge in [-0.3, -0.25) is 9.32 Å². The molecule has 0 aliphatic rings. The van der Waals surface area contributed by atoms with Gasteiger partial charge in [0.1, 0.15) is 6.04 Å². The Hall–Kier alpha value is -1.44.